The molecule has 176 valence electrons. The summed E-state index contributed by atoms with van der Waals surface area (Å²) in [6.45, 7) is 5.13. The van der Waals surface area contributed by atoms with E-state index < -0.39 is 35.6 Å². The number of amides is 3. The summed E-state index contributed by atoms with van der Waals surface area (Å²) < 4.78 is 31.8. The number of hydrogen-bond acceptors (Lipinski definition) is 6. The molecule has 0 unspecified atom stereocenters. The molecule has 0 aromatic heterocycles. The van der Waals surface area contributed by atoms with Crippen LogP contribution in [0.4, 0.5) is 19.3 Å². The van der Waals surface area contributed by atoms with Crippen LogP contribution in [0.2, 0.25) is 10.0 Å². The van der Waals surface area contributed by atoms with E-state index in [0.717, 1.165) is 11.1 Å². The van der Waals surface area contributed by atoms with E-state index in [2.05, 4.69) is 17.0 Å². The lowest BCUT2D eigenvalue weighted by atomic mass is 9.71. The van der Waals surface area contributed by atoms with Gasteiger partial charge < -0.3 is 21.5 Å². The first-order chi connectivity index (χ1) is 15.3. The minimum Gasteiger partial charge on any atom is -0.436 e. The van der Waals surface area contributed by atoms with Crippen molar-refractivity contribution in [3.05, 3.63) is 46.1 Å². The molecule has 1 atom stereocenters. The van der Waals surface area contributed by atoms with Crippen LogP contribution in [0.15, 0.2) is 41.2 Å². The molecular weight excluding hydrogens is 481 g/mol. The molecule has 3 rings (SSSR count). The van der Waals surface area contributed by atoms with Crippen molar-refractivity contribution in [2.75, 3.05) is 5.01 Å². The third-order valence-electron chi connectivity index (χ3n) is 5.30. The number of rotatable bonds is 6. The molecule has 0 radical (unpaired) electrons. The fraction of sp³-hybridized carbons (Fsp3) is 0.300. The Balaban J connectivity index is 1.81. The molecule has 3 amide bonds. The minimum absolute atomic E-state index is 0.0218. The summed E-state index contributed by atoms with van der Waals surface area (Å²) in [5.74, 6) is -5.35. The molecule has 1 fully saturated rings. The van der Waals surface area contributed by atoms with E-state index in [4.69, 9.17) is 44.8 Å². The average Bonchev–Trinajstić information content (AvgIpc) is 2.68. The van der Waals surface area contributed by atoms with Gasteiger partial charge in [-0.25, -0.2) is 13.6 Å². The molecule has 1 heterocycles. The molecule has 6 N–H and O–H groups in total. The SMILES string of the molecule is C=C1NC(=O)N(c2cc(Cl)c(OC(=N)/C=C(\C(N)=O)[C@@H](C)C3CC(F)(F)C3)c(Cl)c2)N=C1N. The van der Waals surface area contributed by atoms with Crippen LogP contribution in [0.3, 0.4) is 0 Å². The van der Waals surface area contributed by atoms with Crippen molar-refractivity contribution < 1.29 is 23.1 Å². The zero-order valence-electron chi connectivity index (χ0n) is 17.3. The van der Waals surface area contributed by atoms with Gasteiger partial charge in [0.05, 0.1) is 21.4 Å². The monoisotopic (exact) mass is 500 g/mol. The highest BCUT2D eigenvalue weighted by molar-refractivity contribution is 6.38. The van der Waals surface area contributed by atoms with Gasteiger partial charge in [-0.1, -0.05) is 36.7 Å². The quantitative estimate of drug-likeness (QED) is 0.267. The predicted octanol–water partition coefficient (Wildman–Crippen LogP) is 3.76. The van der Waals surface area contributed by atoms with Crippen LogP contribution < -0.4 is 26.5 Å². The second-order valence-corrected chi connectivity index (χ2v) is 8.50. The summed E-state index contributed by atoms with van der Waals surface area (Å²) in [6.07, 6.45) is 0.325. The van der Waals surface area contributed by atoms with Gasteiger partial charge in [-0.15, -0.1) is 5.10 Å². The third kappa shape index (κ3) is 5.25. The Labute approximate surface area is 197 Å². The highest BCUT2D eigenvalue weighted by Crippen LogP contribution is 2.47. The molecule has 0 spiro atoms. The fourth-order valence-corrected chi connectivity index (χ4v) is 3.98. The molecule has 13 heteroatoms. The Morgan fingerprint density at radius 1 is 1.42 bits per heavy atom. The van der Waals surface area contributed by atoms with Crippen molar-refractivity contribution in [1.82, 2.24) is 5.32 Å². The number of benzene rings is 1. The smallest absolute Gasteiger partial charge is 0.347 e. The number of alkyl halides is 2. The Kier molecular flexibility index (Phi) is 6.66. The van der Waals surface area contributed by atoms with Crippen molar-refractivity contribution in [2.24, 2.45) is 28.4 Å². The summed E-state index contributed by atoms with van der Waals surface area (Å²) in [5.41, 5.74) is 11.3. The Bertz CT molecular complexity index is 1090. The van der Waals surface area contributed by atoms with Crippen LogP contribution in [0.5, 0.6) is 5.75 Å². The number of carbonyl (C=O) groups is 2. The number of urea groups is 1. The maximum Gasteiger partial charge on any atom is 0.347 e. The van der Waals surface area contributed by atoms with Crippen LogP contribution in [0, 0.1) is 17.2 Å². The third-order valence-corrected chi connectivity index (χ3v) is 5.86. The lowest BCUT2D eigenvalue weighted by molar-refractivity contribution is -0.126. The summed E-state index contributed by atoms with van der Waals surface area (Å²) in [5, 5.41) is 15.2. The Morgan fingerprint density at radius 3 is 2.52 bits per heavy atom. The van der Waals surface area contributed by atoms with Gasteiger partial charge >= 0.3 is 6.03 Å². The number of nitrogens with zero attached hydrogens (tertiary/aromatic N) is 2. The van der Waals surface area contributed by atoms with Crippen LogP contribution in [-0.4, -0.2) is 29.6 Å². The number of hydrazone groups is 1. The van der Waals surface area contributed by atoms with Gasteiger partial charge in [0.25, 0.3) is 0 Å². The number of hydrogen-bond donors (Lipinski definition) is 4. The topological polar surface area (TPSA) is 147 Å². The van der Waals surface area contributed by atoms with Crippen LogP contribution in [0.1, 0.15) is 19.8 Å². The highest BCUT2D eigenvalue weighted by Gasteiger charge is 2.48. The normalized spacial score (nSPS) is 19.4. The van der Waals surface area contributed by atoms with E-state index in [9.17, 15) is 18.4 Å². The Morgan fingerprint density at radius 2 is 2.00 bits per heavy atom. The first-order valence-corrected chi connectivity index (χ1v) is 10.3. The van der Waals surface area contributed by atoms with E-state index in [-0.39, 0.29) is 51.4 Å². The van der Waals surface area contributed by atoms with E-state index in [1.807, 2.05) is 0 Å². The number of carbonyl (C=O) groups excluding carboxylic acids is 2. The molecule has 2 aliphatic rings. The van der Waals surface area contributed by atoms with Crippen molar-refractivity contribution in [1.29, 1.82) is 5.41 Å². The molecule has 9 nitrogen and oxygen atoms in total. The lowest BCUT2D eigenvalue weighted by Gasteiger charge is -2.39. The van der Waals surface area contributed by atoms with Crippen molar-refractivity contribution in [3.63, 3.8) is 0 Å². The van der Waals surface area contributed by atoms with E-state index in [1.54, 1.807) is 6.92 Å². The molecular formula is C20H20Cl2F2N6O3. The summed E-state index contributed by atoms with van der Waals surface area (Å²) in [4.78, 5) is 24.0. The van der Waals surface area contributed by atoms with Gasteiger partial charge in [0.1, 0.15) is 0 Å². The largest absolute Gasteiger partial charge is 0.436 e. The predicted molar refractivity (Wildman–Crippen MR) is 121 cm³/mol. The maximum atomic E-state index is 13.2. The molecule has 1 aliphatic heterocycles. The van der Waals surface area contributed by atoms with E-state index >= 15 is 0 Å². The minimum atomic E-state index is -2.76. The zero-order chi connectivity index (χ0) is 24.7. The number of amidine groups is 1. The summed E-state index contributed by atoms with van der Waals surface area (Å²) >= 11 is 12.5. The molecule has 1 aromatic rings. The second kappa shape index (κ2) is 8.99. The standard InChI is InChI=1S/C20H20Cl2F2N6O3/c1-8(10-6-20(23,24)7-10)12(18(27)31)5-15(25)33-16-13(21)3-11(4-14(16)22)30-19(32)28-9(2)17(26)29-30/h3-5,8,10,25H,2,6-7H2,1H3,(H2,26,29)(H2,27,31)(H,28,32)/b12-5-,25-15?/t8-/m0/s1. The van der Waals surface area contributed by atoms with Crippen LogP contribution in [-0.2, 0) is 4.79 Å². The van der Waals surface area contributed by atoms with Crippen molar-refractivity contribution in [3.8, 4) is 5.75 Å². The maximum absolute atomic E-state index is 13.2. The van der Waals surface area contributed by atoms with Gasteiger partial charge in [-0.3, -0.25) is 10.2 Å². The molecule has 0 bridgehead atoms. The van der Waals surface area contributed by atoms with Crippen LogP contribution in [0.25, 0.3) is 0 Å². The van der Waals surface area contributed by atoms with Crippen LogP contribution >= 0.6 is 23.2 Å². The number of halogens is 4. The summed E-state index contributed by atoms with van der Waals surface area (Å²) in [6, 6.07) is 1.96. The zero-order valence-corrected chi connectivity index (χ0v) is 18.8. The van der Waals surface area contributed by atoms with Gasteiger partial charge in [0, 0.05) is 24.5 Å². The molecule has 33 heavy (non-hydrogen) atoms. The number of nitrogens with two attached hydrogens (primary N) is 2. The van der Waals surface area contributed by atoms with Gasteiger partial charge in [-0.05, 0) is 24.0 Å². The molecule has 1 saturated carbocycles. The average molecular weight is 501 g/mol. The van der Waals surface area contributed by atoms with E-state index in [1.165, 1.54) is 12.1 Å². The first-order valence-electron chi connectivity index (χ1n) is 9.58. The lowest BCUT2D eigenvalue weighted by Crippen LogP contribution is -2.45. The molecule has 1 aromatic carbocycles. The fourth-order valence-electron chi connectivity index (χ4n) is 3.42. The number of nitrogens with one attached hydrogen (secondary N) is 2. The summed E-state index contributed by atoms with van der Waals surface area (Å²) in [7, 11) is 0. The first kappa shape index (κ1) is 24.5. The van der Waals surface area contributed by atoms with Gasteiger partial charge in [0.2, 0.25) is 17.7 Å². The molecule has 1 aliphatic carbocycles. The van der Waals surface area contributed by atoms with Gasteiger partial charge in [-0.2, -0.15) is 5.01 Å². The number of primary amides is 1. The van der Waals surface area contributed by atoms with Crippen molar-refractivity contribution in [2.45, 2.75) is 25.7 Å². The second-order valence-electron chi connectivity index (χ2n) is 7.69. The number of anilines is 1. The number of ether oxygens (including phenoxy) is 1. The molecule has 0 saturated heterocycles. The highest BCUT2D eigenvalue weighted by atomic mass is 35.5. The van der Waals surface area contributed by atoms with Crippen molar-refractivity contribution >= 4 is 52.6 Å². The van der Waals surface area contributed by atoms with Gasteiger partial charge in [0.15, 0.2) is 11.6 Å². The van der Waals surface area contributed by atoms with E-state index in [0.29, 0.717) is 0 Å². The Hall–Kier alpha value is -3.18.